The highest BCUT2D eigenvalue weighted by Gasteiger charge is 2.44. The molecule has 6 nitrogen and oxygen atoms in total. The van der Waals surface area contributed by atoms with Crippen molar-refractivity contribution >= 4 is 23.0 Å². The van der Waals surface area contributed by atoms with Gasteiger partial charge >= 0.3 is 0 Å². The zero-order chi connectivity index (χ0) is 17.7. The number of carbonyl (C=O) groups is 3. The molecule has 0 unspecified atom stereocenters. The number of Topliss-reactive ketones (excluding diaryl/α,β-unsaturated/α-hetero) is 3. The monoisotopic (exact) mass is 331 g/mol. The topological polar surface area (TPSA) is 94.3 Å². The Balaban J connectivity index is 1.78. The van der Waals surface area contributed by atoms with Crippen molar-refractivity contribution in [3.8, 4) is 0 Å². The molecule has 0 heterocycles. The zero-order valence-corrected chi connectivity index (χ0v) is 13.7. The Bertz CT molecular complexity index is 664. The Morgan fingerprint density at radius 3 is 2.50 bits per heavy atom. The molecule has 0 atom stereocenters. The van der Waals surface area contributed by atoms with Gasteiger partial charge in [-0.2, -0.15) is 0 Å². The highest BCUT2D eigenvalue weighted by atomic mass is 16.6. The van der Waals surface area contributed by atoms with Crippen molar-refractivity contribution in [2.75, 3.05) is 0 Å². The van der Waals surface area contributed by atoms with E-state index in [1.807, 2.05) is 0 Å². The molecule has 0 N–H and O–H groups in total. The molecule has 0 aromatic heterocycles. The second-order valence-electron chi connectivity index (χ2n) is 6.50. The van der Waals surface area contributed by atoms with Crippen LogP contribution in [0.3, 0.4) is 0 Å². The Kier molecular flexibility index (Phi) is 5.59. The SMILES string of the molecule is CC1(CCC(=O)CCCc2cccc([N+](=O)[O-])c2)C(=O)CCC1=O. The number of ketones is 3. The molecular weight excluding hydrogens is 310 g/mol. The number of rotatable bonds is 8. The first-order valence-corrected chi connectivity index (χ1v) is 8.14. The standard InChI is InChI=1S/C18H21NO5/c1-18(16(21)8-9-17(18)22)11-10-15(20)7-3-5-13-4-2-6-14(12-13)19(23)24/h2,4,6,12H,3,5,7-11H2,1H3. The maximum absolute atomic E-state index is 12.0. The summed E-state index contributed by atoms with van der Waals surface area (Å²) in [6.45, 7) is 1.64. The fourth-order valence-electron chi connectivity index (χ4n) is 3.04. The number of nitro benzene ring substituents is 1. The third kappa shape index (κ3) is 4.13. The summed E-state index contributed by atoms with van der Waals surface area (Å²) in [5, 5.41) is 10.7. The third-order valence-corrected chi connectivity index (χ3v) is 4.76. The van der Waals surface area contributed by atoms with Crippen LogP contribution in [0.1, 0.15) is 51.0 Å². The molecule has 0 radical (unpaired) electrons. The number of nitro groups is 1. The van der Waals surface area contributed by atoms with Gasteiger partial charge in [-0.3, -0.25) is 24.5 Å². The number of hydrogen-bond donors (Lipinski definition) is 0. The second kappa shape index (κ2) is 7.47. The Labute approximate surface area is 140 Å². The maximum Gasteiger partial charge on any atom is 0.269 e. The van der Waals surface area contributed by atoms with Gasteiger partial charge in [0.25, 0.3) is 5.69 Å². The van der Waals surface area contributed by atoms with Crippen LogP contribution in [0.2, 0.25) is 0 Å². The van der Waals surface area contributed by atoms with E-state index < -0.39 is 10.3 Å². The number of benzene rings is 1. The van der Waals surface area contributed by atoms with Gasteiger partial charge in [0, 0.05) is 37.8 Å². The van der Waals surface area contributed by atoms with Crippen molar-refractivity contribution < 1.29 is 19.3 Å². The van der Waals surface area contributed by atoms with E-state index in [4.69, 9.17) is 0 Å². The summed E-state index contributed by atoms with van der Waals surface area (Å²) < 4.78 is 0. The van der Waals surface area contributed by atoms with Gasteiger partial charge in [-0.25, -0.2) is 0 Å². The molecule has 1 fully saturated rings. The van der Waals surface area contributed by atoms with Crippen LogP contribution in [-0.2, 0) is 20.8 Å². The summed E-state index contributed by atoms with van der Waals surface area (Å²) in [4.78, 5) is 45.9. The molecule has 2 rings (SSSR count). The summed E-state index contributed by atoms with van der Waals surface area (Å²) in [6.07, 6.45) is 2.62. The summed E-state index contributed by atoms with van der Waals surface area (Å²) >= 11 is 0. The smallest absolute Gasteiger partial charge is 0.269 e. The minimum absolute atomic E-state index is 0.0224. The molecule has 24 heavy (non-hydrogen) atoms. The Morgan fingerprint density at radius 1 is 1.21 bits per heavy atom. The number of carbonyl (C=O) groups excluding carboxylic acids is 3. The molecule has 1 aromatic rings. The number of aryl methyl sites for hydroxylation is 1. The molecule has 1 aromatic carbocycles. The van der Waals surface area contributed by atoms with Crippen LogP contribution in [0.15, 0.2) is 24.3 Å². The molecule has 1 saturated carbocycles. The predicted octanol–water partition coefficient (Wildman–Crippen LogP) is 3.21. The van der Waals surface area contributed by atoms with Crippen LogP contribution in [0.25, 0.3) is 0 Å². The molecule has 6 heteroatoms. The second-order valence-corrected chi connectivity index (χ2v) is 6.50. The van der Waals surface area contributed by atoms with Gasteiger partial charge in [-0.1, -0.05) is 12.1 Å². The van der Waals surface area contributed by atoms with Crippen molar-refractivity contribution in [1.82, 2.24) is 0 Å². The summed E-state index contributed by atoms with van der Waals surface area (Å²) in [6, 6.07) is 6.38. The zero-order valence-electron chi connectivity index (χ0n) is 13.7. The van der Waals surface area contributed by atoms with Crippen molar-refractivity contribution in [3.63, 3.8) is 0 Å². The predicted molar refractivity (Wildman–Crippen MR) is 87.6 cm³/mol. The van der Waals surface area contributed by atoms with Crippen LogP contribution < -0.4 is 0 Å². The van der Waals surface area contributed by atoms with Crippen LogP contribution in [0.4, 0.5) is 5.69 Å². The van der Waals surface area contributed by atoms with Crippen molar-refractivity contribution in [1.29, 1.82) is 0 Å². The molecule has 0 amide bonds. The largest absolute Gasteiger partial charge is 0.300 e. The minimum atomic E-state index is -0.976. The molecule has 1 aliphatic rings. The van der Waals surface area contributed by atoms with Gasteiger partial charge in [0.05, 0.1) is 10.3 Å². The molecule has 0 aliphatic heterocycles. The lowest BCUT2D eigenvalue weighted by molar-refractivity contribution is -0.384. The molecule has 1 aliphatic carbocycles. The lowest BCUT2D eigenvalue weighted by Crippen LogP contribution is -2.29. The van der Waals surface area contributed by atoms with Crippen LogP contribution >= 0.6 is 0 Å². The van der Waals surface area contributed by atoms with Crippen molar-refractivity contribution in [2.24, 2.45) is 5.41 Å². The fourth-order valence-corrected chi connectivity index (χ4v) is 3.04. The Hall–Kier alpha value is -2.37. The van der Waals surface area contributed by atoms with Crippen LogP contribution in [0.5, 0.6) is 0 Å². The average Bonchev–Trinajstić information content (AvgIpc) is 2.81. The molecule has 128 valence electrons. The van der Waals surface area contributed by atoms with E-state index in [-0.39, 0.29) is 42.3 Å². The van der Waals surface area contributed by atoms with Gasteiger partial charge in [-0.15, -0.1) is 0 Å². The quantitative estimate of drug-likeness (QED) is 0.414. The van der Waals surface area contributed by atoms with E-state index in [1.54, 1.807) is 19.1 Å². The van der Waals surface area contributed by atoms with E-state index in [9.17, 15) is 24.5 Å². The van der Waals surface area contributed by atoms with Crippen molar-refractivity contribution in [2.45, 2.75) is 51.9 Å². The first kappa shape index (κ1) is 18.0. The summed E-state index contributed by atoms with van der Waals surface area (Å²) in [5.41, 5.74) is -0.106. The number of non-ortho nitro benzene ring substituents is 1. The first-order chi connectivity index (χ1) is 11.3. The van der Waals surface area contributed by atoms with Crippen LogP contribution in [-0.4, -0.2) is 22.3 Å². The van der Waals surface area contributed by atoms with Crippen LogP contribution in [0, 0.1) is 15.5 Å². The lowest BCUT2D eigenvalue weighted by atomic mass is 9.81. The van der Waals surface area contributed by atoms with Gasteiger partial charge < -0.3 is 0 Å². The van der Waals surface area contributed by atoms with Crippen molar-refractivity contribution in [3.05, 3.63) is 39.9 Å². The summed E-state index contributed by atoms with van der Waals surface area (Å²) in [5.74, 6) is -0.0945. The number of nitrogens with zero attached hydrogens (tertiary/aromatic N) is 1. The highest BCUT2D eigenvalue weighted by Crippen LogP contribution is 2.35. The Morgan fingerprint density at radius 2 is 1.88 bits per heavy atom. The van der Waals surface area contributed by atoms with E-state index in [0.717, 1.165) is 5.56 Å². The maximum atomic E-state index is 12.0. The van der Waals surface area contributed by atoms with Gasteiger partial charge in [0.15, 0.2) is 0 Å². The highest BCUT2D eigenvalue weighted by molar-refractivity contribution is 6.12. The minimum Gasteiger partial charge on any atom is -0.300 e. The van der Waals surface area contributed by atoms with E-state index in [2.05, 4.69) is 0 Å². The first-order valence-electron chi connectivity index (χ1n) is 8.14. The average molecular weight is 331 g/mol. The normalized spacial score (nSPS) is 16.4. The van der Waals surface area contributed by atoms with E-state index in [1.165, 1.54) is 12.1 Å². The molecular formula is C18H21NO5. The van der Waals surface area contributed by atoms with E-state index >= 15 is 0 Å². The summed E-state index contributed by atoms with van der Waals surface area (Å²) in [7, 11) is 0. The number of hydrogen-bond acceptors (Lipinski definition) is 5. The lowest BCUT2D eigenvalue weighted by Gasteiger charge is -2.19. The van der Waals surface area contributed by atoms with Gasteiger partial charge in [-0.05, 0) is 31.7 Å². The molecule has 0 saturated heterocycles. The fraction of sp³-hybridized carbons (Fsp3) is 0.500. The molecule has 0 spiro atoms. The van der Waals surface area contributed by atoms with Gasteiger partial charge in [0.2, 0.25) is 0 Å². The van der Waals surface area contributed by atoms with E-state index in [0.29, 0.717) is 25.7 Å². The third-order valence-electron chi connectivity index (χ3n) is 4.76. The van der Waals surface area contributed by atoms with Gasteiger partial charge in [0.1, 0.15) is 17.3 Å². The molecule has 0 bridgehead atoms.